The Kier molecular flexibility index (Phi) is 5.38. The van der Waals surface area contributed by atoms with Gasteiger partial charge in [0.1, 0.15) is 0 Å². The van der Waals surface area contributed by atoms with Gasteiger partial charge in [0.15, 0.2) is 5.82 Å². The fraction of sp³-hybridized carbons (Fsp3) is 0.476. The van der Waals surface area contributed by atoms with Gasteiger partial charge in [-0.1, -0.05) is 6.92 Å². The molecule has 1 atom stereocenters. The fourth-order valence-electron chi connectivity index (χ4n) is 4.21. The highest BCUT2D eigenvalue weighted by Crippen LogP contribution is 2.40. The monoisotopic (exact) mass is 445 g/mol. The first-order chi connectivity index (χ1) is 14.6. The number of sulfonamides is 1. The molecule has 1 fully saturated rings. The maximum Gasteiger partial charge on any atom is 0.256 e. The number of hydrogen-bond acceptors (Lipinski definition) is 5. The lowest BCUT2D eigenvalue weighted by Crippen LogP contribution is -2.35. The number of rotatable bonds is 7. The van der Waals surface area contributed by atoms with Crippen molar-refractivity contribution in [2.24, 2.45) is 13.0 Å². The Morgan fingerprint density at radius 3 is 2.61 bits per heavy atom. The largest absolute Gasteiger partial charge is 0.331 e. The van der Waals surface area contributed by atoms with Gasteiger partial charge in [-0.15, -0.1) is 0 Å². The molecule has 1 aromatic heterocycles. The van der Waals surface area contributed by atoms with Crippen LogP contribution >= 0.6 is 0 Å². The number of fused-ring (bicyclic) bond motifs is 1. The molecule has 1 aliphatic carbocycles. The van der Waals surface area contributed by atoms with Crippen LogP contribution in [0.15, 0.2) is 23.1 Å². The molecule has 0 bridgehead atoms. The van der Waals surface area contributed by atoms with E-state index in [1.807, 2.05) is 13.0 Å². The van der Waals surface area contributed by atoms with Crippen LogP contribution in [0.3, 0.4) is 0 Å². The van der Waals surface area contributed by atoms with Gasteiger partial charge in [-0.2, -0.15) is 5.10 Å². The lowest BCUT2D eigenvalue weighted by molar-refractivity contribution is -0.114. The molecule has 0 spiro atoms. The zero-order valence-corrected chi connectivity index (χ0v) is 18.9. The van der Waals surface area contributed by atoms with E-state index in [0.29, 0.717) is 35.1 Å². The maximum absolute atomic E-state index is 13.3. The average molecular weight is 446 g/mol. The van der Waals surface area contributed by atoms with Crippen molar-refractivity contribution in [1.82, 2.24) is 19.4 Å². The van der Waals surface area contributed by atoms with Gasteiger partial charge in [-0.05, 0) is 43.4 Å². The molecule has 2 aromatic rings. The second-order valence-corrected chi connectivity index (χ2v) is 9.98. The second kappa shape index (κ2) is 7.76. The maximum atomic E-state index is 13.3. The van der Waals surface area contributed by atoms with E-state index in [0.717, 1.165) is 12.8 Å². The molecule has 4 rings (SSSR count). The highest BCUT2D eigenvalue weighted by atomic mass is 32.2. The minimum atomic E-state index is -3.87. The number of carbonyl (C=O) groups excluding carboxylic acids is 2. The molecule has 1 aromatic carbocycles. The summed E-state index contributed by atoms with van der Waals surface area (Å²) in [5.41, 5.74) is 2.20. The third kappa shape index (κ3) is 3.97. The molecule has 31 heavy (non-hydrogen) atoms. The van der Waals surface area contributed by atoms with Gasteiger partial charge in [0, 0.05) is 44.7 Å². The average Bonchev–Trinajstić information content (AvgIpc) is 3.40. The Hall–Kier alpha value is -2.72. The van der Waals surface area contributed by atoms with Crippen LogP contribution < -0.4 is 10.0 Å². The van der Waals surface area contributed by atoms with E-state index in [-0.39, 0.29) is 34.9 Å². The molecule has 2 aliphatic rings. The number of aryl methyl sites for hydroxylation is 1. The summed E-state index contributed by atoms with van der Waals surface area (Å²) >= 11 is 0. The normalized spacial score (nSPS) is 17.0. The van der Waals surface area contributed by atoms with E-state index in [9.17, 15) is 18.0 Å². The minimum absolute atomic E-state index is 0.0142. The first kappa shape index (κ1) is 21.5. The van der Waals surface area contributed by atoms with Gasteiger partial charge in [-0.3, -0.25) is 14.3 Å². The van der Waals surface area contributed by atoms with Gasteiger partial charge in [0.25, 0.3) is 5.91 Å². The summed E-state index contributed by atoms with van der Waals surface area (Å²) in [6, 6.07) is 5.14. The second-order valence-electron chi connectivity index (χ2n) is 8.24. The predicted octanol–water partition coefficient (Wildman–Crippen LogP) is 2.10. The number of aromatic nitrogens is 2. The Morgan fingerprint density at radius 1 is 1.29 bits per heavy atom. The zero-order chi connectivity index (χ0) is 22.5. The number of carbonyl (C=O) groups is 2. The Balaban J connectivity index is 1.84. The first-order valence-corrected chi connectivity index (χ1v) is 11.9. The van der Waals surface area contributed by atoms with E-state index in [1.165, 1.54) is 13.0 Å². The van der Waals surface area contributed by atoms with Crippen LogP contribution in [-0.2, 0) is 28.4 Å². The summed E-state index contributed by atoms with van der Waals surface area (Å²) in [6.45, 7) is 5.72. The first-order valence-electron chi connectivity index (χ1n) is 10.4. The van der Waals surface area contributed by atoms with Gasteiger partial charge in [-0.25, -0.2) is 13.1 Å². The molecule has 166 valence electrons. The number of benzene rings is 1. The van der Waals surface area contributed by atoms with E-state index in [1.54, 1.807) is 29.6 Å². The van der Waals surface area contributed by atoms with Crippen molar-refractivity contribution in [2.75, 3.05) is 11.9 Å². The van der Waals surface area contributed by atoms with Crippen LogP contribution in [0.2, 0.25) is 0 Å². The summed E-state index contributed by atoms with van der Waals surface area (Å²) in [4.78, 5) is 26.4. The highest BCUT2D eigenvalue weighted by molar-refractivity contribution is 7.89. The van der Waals surface area contributed by atoms with Gasteiger partial charge >= 0.3 is 0 Å². The summed E-state index contributed by atoms with van der Waals surface area (Å²) in [5, 5.41) is 6.92. The van der Waals surface area contributed by atoms with Crippen molar-refractivity contribution >= 4 is 27.7 Å². The summed E-state index contributed by atoms with van der Waals surface area (Å²) in [6.07, 6.45) is 2.19. The number of nitrogens with zero attached hydrogens (tertiary/aromatic N) is 3. The standard InChI is InChI=1S/C21H27N5O4S/c1-5-22-31(29,30)18-9-15(17-10-19(23-13(3)27)24-25(17)4)8-16-11-26(21(28)20(16)18)12(2)14-6-7-14/h8-10,12,14,22H,5-7,11H2,1-4H3,(H,23,24,27). The van der Waals surface area contributed by atoms with Crippen LogP contribution in [0.1, 0.15) is 49.5 Å². The number of nitrogens with one attached hydrogen (secondary N) is 2. The van der Waals surface area contributed by atoms with Gasteiger partial charge < -0.3 is 10.2 Å². The molecule has 2 N–H and O–H groups in total. The van der Waals surface area contributed by atoms with Crippen molar-refractivity contribution in [3.8, 4) is 11.3 Å². The van der Waals surface area contributed by atoms with Crippen LogP contribution in [-0.4, -0.2) is 47.5 Å². The number of amides is 2. The summed E-state index contributed by atoms with van der Waals surface area (Å²) in [7, 11) is -2.15. The topological polar surface area (TPSA) is 113 Å². The molecular formula is C21H27N5O4S. The number of anilines is 1. The summed E-state index contributed by atoms with van der Waals surface area (Å²) < 4.78 is 30.1. The third-order valence-corrected chi connectivity index (χ3v) is 7.47. The van der Waals surface area contributed by atoms with E-state index in [2.05, 4.69) is 15.1 Å². The Bertz CT molecular complexity index is 1170. The molecule has 0 radical (unpaired) electrons. The molecular weight excluding hydrogens is 418 g/mol. The molecule has 10 heteroatoms. The van der Waals surface area contributed by atoms with E-state index < -0.39 is 10.0 Å². The number of hydrogen-bond donors (Lipinski definition) is 2. The highest BCUT2D eigenvalue weighted by Gasteiger charge is 2.41. The molecule has 2 heterocycles. The Morgan fingerprint density at radius 2 is 2.00 bits per heavy atom. The molecule has 2 amide bonds. The van der Waals surface area contributed by atoms with Crippen molar-refractivity contribution in [3.63, 3.8) is 0 Å². The van der Waals surface area contributed by atoms with Crippen LogP contribution in [0.5, 0.6) is 0 Å². The van der Waals surface area contributed by atoms with Gasteiger partial charge in [0.05, 0.1) is 16.2 Å². The van der Waals surface area contributed by atoms with Crippen LogP contribution in [0.25, 0.3) is 11.3 Å². The molecule has 1 unspecified atom stereocenters. The van der Waals surface area contributed by atoms with E-state index in [4.69, 9.17) is 0 Å². The van der Waals surface area contributed by atoms with Crippen molar-refractivity contribution in [1.29, 1.82) is 0 Å². The van der Waals surface area contributed by atoms with Crippen molar-refractivity contribution in [2.45, 2.75) is 51.1 Å². The quantitative estimate of drug-likeness (QED) is 0.678. The Labute approximate surface area is 181 Å². The molecule has 1 saturated carbocycles. The smallest absolute Gasteiger partial charge is 0.256 e. The molecule has 0 saturated heterocycles. The SMILES string of the molecule is CCNS(=O)(=O)c1cc(-c2cc(NC(C)=O)nn2C)cc2c1C(=O)N(C(C)C1CC1)C2. The van der Waals surface area contributed by atoms with Crippen LogP contribution in [0, 0.1) is 5.92 Å². The van der Waals surface area contributed by atoms with Crippen molar-refractivity contribution < 1.29 is 18.0 Å². The molecule has 9 nitrogen and oxygen atoms in total. The predicted molar refractivity (Wildman–Crippen MR) is 116 cm³/mol. The minimum Gasteiger partial charge on any atom is -0.331 e. The van der Waals surface area contributed by atoms with Crippen LogP contribution in [0.4, 0.5) is 5.82 Å². The molecule has 1 aliphatic heterocycles. The lowest BCUT2D eigenvalue weighted by atomic mass is 10.0. The third-order valence-electron chi connectivity index (χ3n) is 5.90. The summed E-state index contributed by atoms with van der Waals surface area (Å²) in [5.74, 6) is 0.371. The van der Waals surface area contributed by atoms with E-state index >= 15 is 0 Å². The van der Waals surface area contributed by atoms with Gasteiger partial charge in [0.2, 0.25) is 15.9 Å². The lowest BCUT2D eigenvalue weighted by Gasteiger charge is -2.24. The zero-order valence-electron chi connectivity index (χ0n) is 18.1. The fourth-order valence-corrected chi connectivity index (χ4v) is 5.51. The van der Waals surface area contributed by atoms with Crippen molar-refractivity contribution in [3.05, 3.63) is 29.3 Å².